The summed E-state index contributed by atoms with van der Waals surface area (Å²) in [5.41, 5.74) is 0.0400. The SMILES string of the molecule is CSCCC(=O)N1CCN(S(=O)(=O)c2ccc(C(=O)O)cc2)CC1. The topological polar surface area (TPSA) is 95.0 Å². The average molecular weight is 372 g/mol. The van der Waals surface area contributed by atoms with E-state index in [1.165, 1.54) is 28.6 Å². The summed E-state index contributed by atoms with van der Waals surface area (Å²) in [5, 5.41) is 8.87. The Kier molecular flexibility index (Phi) is 6.25. The van der Waals surface area contributed by atoms with E-state index < -0.39 is 16.0 Å². The quantitative estimate of drug-likeness (QED) is 0.800. The largest absolute Gasteiger partial charge is 0.478 e. The molecule has 2 rings (SSSR count). The summed E-state index contributed by atoms with van der Waals surface area (Å²) in [4.78, 5) is 24.6. The van der Waals surface area contributed by atoms with E-state index in [1.54, 1.807) is 16.7 Å². The van der Waals surface area contributed by atoms with Gasteiger partial charge < -0.3 is 10.0 Å². The molecule has 1 aliphatic heterocycles. The summed E-state index contributed by atoms with van der Waals surface area (Å²) in [6, 6.07) is 5.15. The third kappa shape index (κ3) is 4.28. The Hall–Kier alpha value is -1.58. The van der Waals surface area contributed by atoms with Crippen molar-refractivity contribution in [1.82, 2.24) is 9.21 Å². The number of carboxylic acid groups (broad SMARTS) is 1. The Morgan fingerprint density at radius 1 is 1.12 bits per heavy atom. The first-order chi connectivity index (χ1) is 11.4. The number of nitrogens with zero attached hydrogens (tertiary/aromatic N) is 2. The van der Waals surface area contributed by atoms with Crippen molar-refractivity contribution in [3.63, 3.8) is 0 Å². The predicted octanol–water partition coefficient (Wildman–Crippen LogP) is 0.971. The third-order valence-corrected chi connectivity index (χ3v) is 6.38. The molecule has 9 heteroatoms. The van der Waals surface area contributed by atoms with Crippen molar-refractivity contribution in [2.24, 2.45) is 0 Å². The van der Waals surface area contributed by atoms with Crippen LogP contribution in [0.15, 0.2) is 29.2 Å². The lowest BCUT2D eigenvalue weighted by molar-refractivity contribution is -0.131. The molecule has 0 atom stereocenters. The zero-order valence-electron chi connectivity index (χ0n) is 13.3. The Morgan fingerprint density at radius 2 is 1.71 bits per heavy atom. The summed E-state index contributed by atoms with van der Waals surface area (Å²) < 4.78 is 26.5. The molecule has 1 heterocycles. The van der Waals surface area contributed by atoms with Crippen LogP contribution in [0.5, 0.6) is 0 Å². The lowest BCUT2D eigenvalue weighted by Gasteiger charge is -2.34. The van der Waals surface area contributed by atoms with Crippen LogP contribution in [-0.2, 0) is 14.8 Å². The number of carboxylic acids is 1. The number of hydrogen-bond donors (Lipinski definition) is 1. The molecule has 0 spiro atoms. The molecule has 1 amide bonds. The molecule has 1 aliphatic rings. The summed E-state index contributed by atoms with van der Waals surface area (Å²) >= 11 is 1.60. The Balaban J connectivity index is 2.02. The van der Waals surface area contributed by atoms with Crippen molar-refractivity contribution in [2.75, 3.05) is 38.2 Å². The van der Waals surface area contributed by atoms with Crippen molar-refractivity contribution in [1.29, 1.82) is 0 Å². The van der Waals surface area contributed by atoms with Crippen LogP contribution in [0.1, 0.15) is 16.8 Å². The van der Waals surface area contributed by atoms with Gasteiger partial charge >= 0.3 is 5.97 Å². The average Bonchev–Trinajstić information content (AvgIpc) is 2.59. The van der Waals surface area contributed by atoms with E-state index in [0.717, 1.165) is 5.75 Å². The molecule has 1 N–H and O–H groups in total. The fourth-order valence-electron chi connectivity index (χ4n) is 2.44. The number of carbonyl (C=O) groups is 2. The molecule has 1 fully saturated rings. The maximum absolute atomic E-state index is 12.6. The van der Waals surface area contributed by atoms with Gasteiger partial charge in [-0.25, -0.2) is 13.2 Å². The van der Waals surface area contributed by atoms with E-state index in [1.807, 2.05) is 6.26 Å². The van der Waals surface area contributed by atoms with Crippen LogP contribution in [0.25, 0.3) is 0 Å². The normalized spacial score (nSPS) is 16.1. The number of thioether (sulfide) groups is 1. The zero-order valence-corrected chi connectivity index (χ0v) is 15.0. The Bertz CT molecular complexity index is 695. The standard InChI is InChI=1S/C15H20N2O5S2/c1-23-11-6-14(18)16-7-9-17(10-8-16)24(21,22)13-4-2-12(3-5-13)15(19)20/h2-5H,6-11H2,1H3,(H,19,20). The molecule has 0 radical (unpaired) electrons. The van der Waals surface area contributed by atoms with Gasteiger partial charge in [0.2, 0.25) is 15.9 Å². The summed E-state index contributed by atoms with van der Waals surface area (Å²) in [5.74, 6) is -0.295. The molecule has 24 heavy (non-hydrogen) atoms. The molecule has 1 aromatic carbocycles. The molecule has 1 saturated heterocycles. The highest BCUT2D eigenvalue weighted by Gasteiger charge is 2.29. The van der Waals surface area contributed by atoms with Gasteiger partial charge in [0.1, 0.15) is 0 Å². The van der Waals surface area contributed by atoms with Crippen molar-refractivity contribution in [3.05, 3.63) is 29.8 Å². The summed E-state index contributed by atoms with van der Waals surface area (Å²) in [7, 11) is -3.67. The van der Waals surface area contributed by atoms with Crippen molar-refractivity contribution in [2.45, 2.75) is 11.3 Å². The highest BCUT2D eigenvalue weighted by atomic mass is 32.2. The van der Waals surface area contributed by atoms with Crippen molar-refractivity contribution < 1.29 is 23.1 Å². The van der Waals surface area contributed by atoms with E-state index in [-0.39, 0.29) is 29.5 Å². The lowest BCUT2D eigenvalue weighted by Crippen LogP contribution is -2.50. The first-order valence-electron chi connectivity index (χ1n) is 7.46. The van der Waals surface area contributed by atoms with Gasteiger partial charge in [0.25, 0.3) is 0 Å². The minimum Gasteiger partial charge on any atom is -0.478 e. The number of rotatable bonds is 6. The number of hydrogen-bond acceptors (Lipinski definition) is 5. The molecular weight excluding hydrogens is 352 g/mol. The van der Waals surface area contributed by atoms with Gasteiger partial charge in [-0.1, -0.05) is 0 Å². The fraction of sp³-hybridized carbons (Fsp3) is 0.467. The Labute approximate surface area is 145 Å². The Morgan fingerprint density at radius 3 is 2.21 bits per heavy atom. The number of piperazine rings is 1. The number of benzene rings is 1. The predicted molar refractivity (Wildman–Crippen MR) is 91.7 cm³/mol. The number of amides is 1. The van der Waals surface area contributed by atoms with Crippen LogP contribution < -0.4 is 0 Å². The van der Waals surface area contributed by atoms with Crippen LogP contribution in [0.4, 0.5) is 0 Å². The van der Waals surface area contributed by atoms with E-state index in [2.05, 4.69) is 0 Å². The molecule has 7 nitrogen and oxygen atoms in total. The second kappa shape index (κ2) is 8.00. The molecule has 132 valence electrons. The monoisotopic (exact) mass is 372 g/mol. The van der Waals surface area contributed by atoms with Gasteiger partial charge in [0, 0.05) is 38.4 Å². The van der Waals surface area contributed by atoms with Gasteiger partial charge in [-0.05, 0) is 30.5 Å². The first kappa shape index (κ1) is 18.8. The van der Waals surface area contributed by atoms with E-state index in [0.29, 0.717) is 19.5 Å². The van der Waals surface area contributed by atoms with E-state index in [9.17, 15) is 18.0 Å². The smallest absolute Gasteiger partial charge is 0.335 e. The van der Waals surface area contributed by atoms with Gasteiger partial charge in [0.05, 0.1) is 10.5 Å². The van der Waals surface area contributed by atoms with Gasteiger partial charge in [-0.3, -0.25) is 4.79 Å². The minimum atomic E-state index is -3.67. The third-order valence-electron chi connectivity index (χ3n) is 3.85. The molecule has 0 unspecified atom stereocenters. The molecule has 1 aromatic rings. The van der Waals surface area contributed by atoms with E-state index >= 15 is 0 Å². The zero-order chi connectivity index (χ0) is 17.7. The molecule has 0 saturated carbocycles. The number of sulfonamides is 1. The first-order valence-corrected chi connectivity index (χ1v) is 10.3. The lowest BCUT2D eigenvalue weighted by atomic mass is 10.2. The number of carbonyl (C=O) groups excluding carboxylic acids is 1. The fourth-order valence-corrected chi connectivity index (χ4v) is 4.24. The summed E-state index contributed by atoms with van der Waals surface area (Å²) in [6.45, 7) is 1.24. The highest BCUT2D eigenvalue weighted by molar-refractivity contribution is 7.98. The molecule has 0 bridgehead atoms. The molecular formula is C15H20N2O5S2. The summed E-state index contributed by atoms with van der Waals surface area (Å²) in [6.07, 6.45) is 2.40. The van der Waals surface area contributed by atoms with Gasteiger partial charge in [-0.2, -0.15) is 16.1 Å². The van der Waals surface area contributed by atoms with Gasteiger partial charge in [-0.15, -0.1) is 0 Å². The van der Waals surface area contributed by atoms with Crippen LogP contribution in [-0.4, -0.2) is 72.8 Å². The second-order valence-corrected chi connectivity index (χ2v) is 8.28. The minimum absolute atomic E-state index is 0.0400. The molecule has 0 aromatic heterocycles. The maximum atomic E-state index is 12.6. The maximum Gasteiger partial charge on any atom is 0.335 e. The van der Waals surface area contributed by atoms with Crippen LogP contribution >= 0.6 is 11.8 Å². The highest BCUT2D eigenvalue weighted by Crippen LogP contribution is 2.18. The van der Waals surface area contributed by atoms with Gasteiger partial charge in [0.15, 0.2) is 0 Å². The van der Waals surface area contributed by atoms with Crippen molar-refractivity contribution >= 4 is 33.7 Å². The number of aromatic carboxylic acids is 1. The van der Waals surface area contributed by atoms with Crippen LogP contribution in [0.2, 0.25) is 0 Å². The van der Waals surface area contributed by atoms with E-state index in [4.69, 9.17) is 5.11 Å². The van der Waals surface area contributed by atoms with Crippen molar-refractivity contribution in [3.8, 4) is 0 Å². The molecule has 0 aliphatic carbocycles. The second-order valence-electron chi connectivity index (χ2n) is 5.36. The van der Waals surface area contributed by atoms with Crippen LogP contribution in [0, 0.1) is 0 Å². The van der Waals surface area contributed by atoms with Crippen LogP contribution in [0.3, 0.4) is 0 Å².